The molecule has 0 fully saturated rings. The normalized spacial score (nSPS) is 9.78. The van der Waals surface area contributed by atoms with Gasteiger partial charge < -0.3 is 25.2 Å². The molecule has 0 bridgehead atoms. The first-order valence-electron chi connectivity index (χ1n) is 6.84. The Balaban J connectivity index is 0.000000821. The predicted octanol–water partition coefficient (Wildman–Crippen LogP) is 0.849. The maximum absolute atomic E-state index is 13.7. The van der Waals surface area contributed by atoms with Crippen LogP contribution in [-0.4, -0.2) is 61.9 Å². The highest BCUT2D eigenvalue weighted by Crippen LogP contribution is 2.24. The number of aliphatic carboxylic acids is 4. The van der Waals surface area contributed by atoms with Crippen LogP contribution in [0.25, 0.3) is 0 Å². The SMILES string of the molecule is CCOC(=O)c1cc(F)c(C(C(=O)O)C(=O)O)nc1Cl.O=C(O)CC(=O)O. The first-order valence-corrected chi connectivity index (χ1v) is 7.22. The van der Waals surface area contributed by atoms with E-state index < -0.39 is 64.4 Å². The summed E-state index contributed by atoms with van der Waals surface area (Å²) in [5, 5.41) is 32.4. The van der Waals surface area contributed by atoms with Crippen molar-refractivity contribution >= 4 is 41.4 Å². The van der Waals surface area contributed by atoms with E-state index in [2.05, 4.69) is 9.72 Å². The van der Waals surface area contributed by atoms with Crippen LogP contribution in [0.1, 0.15) is 35.3 Å². The molecule has 1 aromatic rings. The van der Waals surface area contributed by atoms with E-state index in [1.807, 2.05) is 0 Å². The molecule has 148 valence electrons. The minimum atomic E-state index is -2.22. The lowest BCUT2D eigenvalue weighted by molar-refractivity contribution is -0.151. The molecule has 0 saturated carbocycles. The third-order valence-corrected chi connectivity index (χ3v) is 2.81. The lowest BCUT2D eigenvalue weighted by Crippen LogP contribution is -2.24. The number of halogens is 2. The minimum absolute atomic E-state index is 0.0193. The van der Waals surface area contributed by atoms with Crippen molar-refractivity contribution < 1.29 is 53.5 Å². The highest BCUT2D eigenvalue weighted by Gasteiger charge is 2.33. The predicted molar refractivity (Wildman–Crippen MR) is 83.1 cm³/mol. The van der Waals surface area contributed by atoms with Gasteiger partial charge in [-0.1, -0.05) is 11.6 Å². The Morgan fingerprint density at radius 3 is 1.93 bits per heavy atom. The minimum Gasteiger partial charge on any atom is -0.481 e. The number of carboxylic acids is 4. The number of pyridine rings is 1. The topological polar surface area (TPSA) is 188 Å². The van der Waals surface area contributed by atoms with E-state index in [0.29, 0.717) is 6.07 Å². The fourth-order valence-electron chi connectivity index (χ4n) is 1.50. The molecule has 0 saturated heterocycles. The van der Waals surface area contributed by atoms with Gasteiger partial charge in [0.05, 0.1) is 12.2 Å². The Hall–Kier alpha value is -3.28. The van der Waals surface area contributed by atoms with Crippen molar-refractivity contribution in [1.82, 2.24) is 4.98 Å². The average molecular weight is 410 g/mol. The number of carbonyl (C=O) groups excluding carboxylic acids is 1. The van der Waals surface area contributed by atoms with Gasteiger partial charge in [0.25, 0.3) is 0 Å². The summed E-state index contributed by atoms with van der Waals surface area (Å²) in [6.07, 6.45) is -0.806. The molecule has 1 heterocycles. The summed E-state index contributed by atoms with van der Waals surface area (Å²) >= 11 is 5.62. The summed E-state index contributed by atoms with van der Waals surface area (Å²) in [6, 6.07) is 0.599. The number of carbonyl (C=O) groups is 5. The van der Waals surface area contributed by atoms with E-state index >= 15 is 0 Å². The van der Waals surface area contributed by atoms with Gasteiger partial charge in [0.2, 0.25) is 0 Å². The fraction of sp³-hybridized carbons (Fsp3) is 0.286. The van der Waals surface area contributed by atoms with Crippen molar-refractivity contribution in [2.75, 3.05) is 6.61 Å². The first kappa shape index (κ1) is 23.7. The molecule has 0 aromatic carbocycles. The second-order valence-electron chi connectivity index (χ2n) is 4.49. The van der Waals surface area contributed by atoms with Crippen molar-refractivity contribution in [1.29, 1.82) is 0 Å². The van der Waals surface area contributed by atoms with Gasteiger partial charge in [-0.15, -0.1) is 0 Å². The molecule has 0 radical (unpaired) electrons. The molecule has 0 unspecified atom stereocenters. The molecule has 0 aliphatic rings. The number of rotatable bonds is 7. The Kier molecular flexibility index (Phi) is 9.36. The third kappa shape index (κ3) is 7.64. The van der Waals surface area contributed by atoms with Gasteiger partial charge in [-0.2, -0.15) is 0 Å². The largest absolute Gasteiger partial charge is 0.481 e. The summed E-state index contributed by atoms with van der Waals surface area (Å²) in [7, 11) is 0. The number of esters is 1. The summed E-state index contributed by atoms with van der Waals surface area (Å²) in [6.45, 7) is 1.54. The zero-order chi connectivity index (χ0) is 21.3. The van der Waals surface area contributed by atoms with Crippen LogP contribution in [0.5, 0.6) is 0 Å². The van der Waals surface area contributed by atoms with E-state index in [1.165, 1.54) is 6.92 Å². The van der Waals surface area contributed by atoms with Crippen LogP contribution >= 0.6 is 11.6 Å². The van der Waals surface area contributed by atoms with Gasteiger partial charge in [-0.3, -0.25) is 19.2 Å². The van der Waals surface area contributed by atoms with Crippen molar-refractivity contribution in [2.45, 2.75) is 19.3 Å². The molecular formula is C14H13ClFNO10. The Labute approximate surface area is 155 Å². The third-order valence-electron chi connectivity index (χ3n) is 2.52. The first-order chi connectivity index (χ1) is 12.4. The summed E-state index contributed by atoms with van der Waals surface area (Å²) in [5.74, 6) is -10.7. The second kappa shape index (κ2) is 10.7. The zero-order valence-corrected chi connectivity index (χ0v) is 14.3. The molecular weight excluding hydrogens is 397 g/mol. The van der Waals surface area contributed by atoms with Gasteiger partial charge in [0.1, 0.15) is 23.1 Å². The molecule has 1 aromatic heterocycles. The Bertz CT molecular complexity index is 741. The maximum atomic E-state index is 13.7. The van der Waals surface area contributed by atoms with Crippen molar-refractivity contribution in [2.24, 2.45) is 0 Å². The lowest BCUT2D eigenvalue weighted by Gasteiger charge is -2.10. The monoisotopic (exact) mass is 409 g/mol. The molecule has 27 heavy (non-hydrogen) atoms. The summed E-state index contributed by atoms with van der Waals surface area (Å²) < 4.78 is 18.3. The molecule has 0 amide bonds. The number of hydrogen-bond acceptors (Lipinski definition) is 7. The van der Waals surface area contributed by atoms with Crippen molar-refractivity contribution in [3.05, 3.63) is 28.3 Å². The van der Waals surface area contributed by atoms with Crippen molar-refractivity contribution in [3.63, 3.8) is 0 Å². The van der Waals surface area contributed by atoms with E-state index in [1.54, 1.807) is 0 Å². The quantitative estimate of drug-likeness (QED) is 0.283. The second-order valence-corrected chi connectivity index (χ2v) is 4.85. The Morgan fingerprint density at radius 2 is 1.59 bits per heavy atom. The summed E-state index contributed by atoms with van der Waals surface area (Å²) in [5.41, 5.74) is -1.30. The highest BCUT2D eigenvalue weighted by atomic mass is 35.5. The molecule has 0 aliphatic heterocycles. The smallest absolute Gasteiger partial charge is 0.341 e. The van der Waals surface area contributed by atoms with Crippen LogP contribution < -0.4 is 0 Å². The molecule has 0 atom stereocenters. The van der Waals surface area contributed by atoms with E-state index in [-0.39, 0.29) is 6.61 Å². The average Bonchev–Trinajstić information content (AvgIpc) is 2.49. The zero-order valence-electron chi connectivity index (χ0n) is 13.5. The van der Waals surface area contributed by atoms with Crippen LogP contribution in [-0.2, 0) is 23.9 Å². The van der Waals surface area contributed by atoms with Crippen LogP contribution in [0.4, 0.5) is 4.39 Å². The molecule has 13 heteroatoms. The summed E-state index contributed by atoms with van der Waals surface area (Å²) in [4.78, 5) is 55.2. The maximum Gasteiger partial charge on any atom is 0.341 e. The van der Waals surface area contributed by atoms with Crippen LogP contribution in [0.3, 0.4) is 0 Å². The molecule has 1 rings (SSSR count). The number of carboxylic acid groups (broad SMARTS) is 4. The lowest BCUT2D eigenvalue weighted by atomic mass is 10.0. The molecule has 0 spiro atoms. The van der Waals surface area contributed by atoms with Crippen LogP contribution in [0.2, 0.25) is 5.15 Å². The number of nitrogens with zero attached hydrogens (tertiary/aromatic N) is 1. The fourth-order valence-corrected chi connectivity index (χ4v) is 1.73. The van der Waals surface area contributed by atoms with Crippen molar-refractivity contribution in [3.8, 4) is 0 Å². The van der Waals surface area contributed by atoms with Gasteiger partial charge in [0, 0.05) is 0 Å². The molecule has 0 aliphatic carbocycles. The van der Waals surface area contributed by atoms with Crippen LogP contribution in [0.15, 0.2) is 6.07 Å². The highest BCUT2D eigenvalue weighted by molar-refractivity contribution is 6.32. The van der Waals surface area contributed by atoms with E-state index in [9.17, 15) is 28.4 Å². The molecule has 11 nitrogen and oxygen atoms in total. The number of aromatic nitrogens is 1. The van der Waals surface area contributed by atoms with Gasteiger partial charge in [0.15, 0.2) is 5.92 Å². The van der Waals surface area contributed by atoms with Gasteiger partial charge in [-0.05, 0) is 13.0 Å². The standard InChI is InChI=1S/C11H9ClFNO6.C3H4O4/c1-2-20-11(19)4-3-5(13)7(14-8(4)12)6(9(15)16)10(17)18;4-2(5)1-3(6)7/h3,6H,2H2,1H3,(H,15,16)(H,17,18);1H2,(H,4,5)(H,6,7). The van der Waals surface area contributed by atoms with Gasteiger partial charge in [-0.25, -0.2) is 14.2 Å². The van der Waals surface area contributed by atoms with Crippen LogP contribution in [0, 0.1) is 5.82 Å². The Morgan fingerprint density at radius 1 is 1.11 bits per heavy atom. The van der Waals surface area contributed by atoms with E-state index in [0.717, 1.165) is 0 Å². The van der Waals surface area contributed by atoms with Gasteiger partial charge >= 0.3 is 29.8 Å². The molecule has 4 N–H and O–H groups in total. The van der Waals surface area contributed by atoms with E-state index in [4.69, 9.17) is 32.0 Å². The number of hydrogen-bond donors (Lipinski definition) is 4. The number of ether oxygens (including phenoxy) is 1.